The molecule has 0 amide bonds. The molecule has 0 spiro atoms. The zero-order valence-electron chi connectivity index (χ0n) is 14.9. The molecule has 138 valence electrons. The van der Waals surface area contributed by atoms with Gasteiger partial charge >= 0.3 is 0 Å². The molecular weight excluding hydrogens is 359 g/mol. The van der Waals surface area contributed by atoms with Crippen LogP contribution in [0.1, 0.15) is 11.4 Å². The second-order valence-corrected chi connectivity index (χ2v) is 6.69. The van der Waals surface area contributed by atoms with Gasteiger partial charge in [0.25, 0.3) is 0 Å². The largest absolute Gasteiger partial charge is 0.506 e. The normalized spacial score (nSPS) is 11.5. The van der Waals surface area contributed by atoms with Crippen molar-refractivity contribution in [2.45, 2.75) is 6.42 Å². The third-order valence-corrected chi connectivity index (χ3v) is 4.66. The van der Waals surface area contributed by atoms with Crippen LogP contribution in [0.5, 0.6) is 5.75 Å². The summed E-state index contributed by atoms with van der Waals surface area (Å²) in [5, 5.41) is 22.8. The van der Waals surface area contributed by atoms with E-state index in [4.69, 9.17) is 0 Å². The Labute approximate surface area is 158 Å². The van der Waals surface area contributed by atoms with E-state index in [1.807, 2.05) is 37.6 Å². The lowest BCUT2D eigenvalue weighted by Gasteiger charge is -2.05. The third kappa shape index (κ3) is 2.75. The summed E-state index contributed by atoms with van der Waals surface area (Å²) in [7, 11) is 1.81. The average Bonchev–Trinajstić information content (AvgIpc) is 3.28. The zero-order chi connectivity index (χ0) is 19.3. The number of hydrogen-bond donors (Lipinski definition) is 1. The maximum atomic E-state index is 14.6. The number of fused-ring (bicyclic) bond motifs is 2. The molecule has 1 N–H and O–H groups in total. The molecule has 5 rings (SSSR count). The molecule has 4 heterocycles. The van der Waals surface area contributed by atoms with Gasteiger partial charge in [-0.2, -0.15) is 5.10 Å². The maximum absolute atomic E-state index is 14.6. The van der Waals surface area contributed by atoms with Crippen molar-refractivity contribution < 1.29 is 9.50 Å². The highest BCUT2D eigenvalue weighted by molar-refractivity contribution is 5.80. The van der Waals surface area contributed by atoms with E-state index in [0.717, 1.165) is 22.0 Å². The van der Waals surface area contributed by atoms with Crippen molar-refractivity contribution in [1.29, 1.82) is 0 Å². The van der Waals surface area contributed by atoms with E-state index in [1.165, 1.54) is 12.3 Å². The summed E-state index contributed by atoms with van der Waals surface area (Å²) in [5.41, 5.74) is 3.45. The minimum atomic E-state index is -0.437. The second kappa shape index (κ2) is 6.12. The highest BCUT2D eigenvalue weighted by Gasteiger charge is 2.14. The van der Waals surface area contributed by atoms with Crippen LogP contribution in [0.15, 0.2) is 55.1 Å². The molecule has 4 aromatic heterocycles. The first-order chi connectivity index (χ1) is 13.6. The fourth-order valence-corrected chi connectivity index (χ4v) is 3.31. The molecule has 0 aliphatic heterocycles. The Morgan fingerprint density at radius 1 is 1.04 bits per heavy atom. The van der Waals surface area contributed by atoms with Crippen LogP contribution in [-0.4, -0.2) is 34.5 Å². The number of rotatable bonds is 3. The van der Waals surface area contributed by atoms with E-state index in [2.05, 4.69) is 20.3 Å². The first-order valence-corrected chi connectivity index (χ1v) is 8.67. The zero-order valence-corrected chi connectivity index (χ0v) is 14.9. The molecule has 0 saturated carbocycles. The fourth-order valence-electron chi connectivity index (χ4n) is 3.31. The van der Waals surface area contributed by atoms with Gasteiger partial charge in [-0.1, -0.05) is 6.07 Å². The molecular formula is C20H15FN6O. The molecule has 0 aliphatic rings. The Morgan fingerprint density at radius 2 is 1.93 bits per heavy atom. The van der Waals surface area contributed by atoms with E-state index < -0.39 is 5.82 Å². The predicted octanol–water partition coefficient (Wildman–Crippen LogP) is 3.11. The van der Waals surface area contributed by atoms with E-state index in [0.29, 0.717) is 17.8 Å². The van der Waals surface area contributed by atoms with Crippen LogP contribution in [0.25, 0.3) is 27.7 Å². The lowest BCUT2D eigenvalue weighted by molar-refractivity contribution is 0.474. The van der Waals surface area contributed by atoms with Crippen molar-refractivity contribution in [2.75, 3.05) is 0 Å². The SMILES string of the molecule is Cn1cc(-c2cc(F)c3nnc(Cc4ccc5ncc(O)cc5c4)n3c2)cn1. The van der Waals surface area contributed by atoms with Crippen LogP contribution in [0.3, 0.4) is 0 Å². The maximum Gasteiger partial charge on any atom is 0.196 e. The molecule has 0 bridgehead atoms. The van der Waals surface area contributed by atoms with E-state index in [9.17, 15) is 9.50 Å². The van der Waals surface area contributed by atoms with Crippen LogP contribution < -0.4 is 0 Å². The smallest absolute Gasteiger partial charge is 0.196 e. The van der Waals surface area contributed by atoms with Crippen molar-refractivity contribution in [3.8, 4) is 16.9 Å². The number of halogens is 1. The number of hydrogen-bond acceptors (Lipinski definition) is 5. The predicted molar refractivity (Wildman–Crippen MR) is 101 cm³/mol. The molecule has 5 aromatic rings. The first kappa shape index (κ1) is 16.4. The molecule has 0 saturated heterocycles. The molecule has 28 heavy (non-hydrogen) atoms. The van der Waals surface area contributed by atoms with Gasteiger partial charge in [-0.15, -0.1) is 10.2 Å². The lowest BCUT2D eigenvalue weighted by atomic mass is 10.1. The molecule has 0 unspecified atom stereocenters. The Balaban J connectivity index is 1.58. The van der Waals surface area contributed by atoms with Crippen molar-refractivity contribution in [2.24, 2.45) is 7.05 Å². The van der Waals surface area contributed by atoms with Crippen LogP contribution in [-0.2, 0) is 13.5 Å². The van der Waals surface area contributed by atoms with Gasteiger partial charge in [0.05, 0.1) is 17.9 Å². The molecule has 0 aliphatic carbocycles. The number of aryl methyl sites for hydroxylation is 1. The Morgan fingerprint density at radius 3 is 2.75 bits per heavy atom. The average molecular weight is 374 g/mol. The molecule has 0 atom stereocenters. The molecule has 0 fully saturated rings. The Kier molecular flexibility index (Phi) is 3.58. The molecule has 7 nitrogen and oxygen atoms in total. The van der Waals surface area contributed by atoms with Gasteiger partial charge in [0, 0.05) is 42.4 Å². The van der Waals surface area contributed by atoms with Gasteiger partial charge in [0.1, 0.15) is 11.6 Å². The van der Waals surface area contributed by atoms with Gasteiger partial charge in [-0.25, -0.2) is 4.39 Å². The summed E-state index contributed by atoms with van der Waals surface area (Å²) in [6, 6.07) is 8.86. The van der Waals surface area contributed by atoms with Crippen LogP contribution in [0.4, 0.5) is 4.39 Å². The van der Waals surface area contributed by atoms with Crippen molar-refractivity contribution in [1.82, 2.24) is 29.4 Å². The fraction of sp³-hybridized carbons (Fsp3) is 0.100. The minimum Gasteiger partial charge on any atom is -0.506 e. The van der Waals surface area contributed by atoms with Crippen molar-refractivity contribution in [3.63, 3.8) is 0 Å². The van der Waals surface area contributed by atoms with Gasteiger partial charge in [-0.3, -0.25) is 14.1 Å². The van der Waals surface area contributed by atoms with E-state index >= 15 is 0 Å². The Hall–Kier alpha value is -3.81. The number of benzene rings is 1. The van der Waals surface area contributed by atoms with Gasteiger partial charge in [0.2, 0.25) is 0 Å². The van der Waals surface area contributed by atoms with E-state index in [1.54, 1.807) is 21.3 Å². The second-order valence-electron chi connectivity index (χ2n) is 6.69. The first-order valence-electron chi connectivity index (χ1n) is 8.67. The van der Waals surface area contributed by atoms with Crippen molar-refractivity contribution >= 4 is 16.6 Å². The van der Waals surface area contributed by atoms with E-state index in [-0.39, 0.29) is 11.4 Å². The number of aromatic nitrogens is 6. The summed E-state index contributed by atoms with van der Waals surface area (Å²) in [6.45, 7) is 0. The van der Waals surface area contributed by atoms with Crippen LogP contribution in [0.2, 0.25) is 0 Å². The summed E-state index contributed by atoms with van der Waals surface area (Å²) in [4.78, 5) is 4.19. The topological polar surface area (TPSA) is 81.1 Å². The number of aromatic hydroxyl groups is 1. The standard InChI is InChI=1S/C20H15FN6O/c1-26-10-15(8-23-26)14-7-17(21)20-25-24-19(27(20)11-14)5-12-2-3-18-13(4-12)6-16(28)9-22-18/h2-4,6-11,28H,5H2,1H3. The third-order valence-electron chi connectivity index (χ3n) is 4.66. The Bertz CT molecular complexity index is 1340. The highest BCUT2D eigenvalue weighted by atomic mass is 19.1. The molecule has 1 aromatic carbocycles. The molecule has 8 heteroatoms. The van der Waals surface area contributed by atoms with Gasteiger partial charge < -0.3 is 5.11 Å². The minimum absolute atomic E-state index is 0.112. The number of nitrogens with zero attached hydrogens (tertiary/aromatic N) is 6. The van der Waals surface area contributed by atoms with Gasteiger partial charge in [-0.05, 0) is 29.8 Å². The molecule has 0 radical (unpaired) electrons. The van der Waals surface area contributed by atoms with Gasteiger partial charge in [0.15, 0.2) is 11.5 Å². The summed E-state index contributed by atoms with van der Waals surface area (Å²) < 4.78 is 17.9. The lowest BCUT2D eigenvalue weighted by Crippen LogP contribution is -1.98. The number of pyridine rings is 2. The van der Waals surface area contributed by atoms with Crippen LogP contribution in [0, 0.1) is 5.82 Å². The monoisotopic (exact) mass is 374 g/mol. The quantitative estimate of drug-likeness (QED) is 0.525. The highest BCUT2D eigenvalue weighted by Crippen LogP contribution is 2.24. The summed E-state index contributed by atoms with van der Waals surface area (Å²) in [6.07, 6.45) is 7.21. The summed E-state index contributed by atoms with van der Waals surface area (Å²) >= 11 is 0. The van der Waals surface area contributed by atoms with Crippen LogP contribution >= 0.6 is 0 Å². The summed E-state index contributed by atoms with van der Waals surface area (Å²) in [5.74, 6) is 0.292. The van der Waals surface area contributed by atoms with Crippen molar-refractivity contribution in [3.05, 3.63) is 72.3 Å².